The zero-order valence-corrected chi connectivity index (χ0v) is 13.9. The Morgan fingerprint density at radius 1 is 1.15 bits per heavy atom. The smallest absolute Gasteiger partial charge is 0.140 e. The SMILES string of the molecule is COc1ccc(C2CCCCCC2CN)c(OC)c1Br. The number of hydrogen-bond donors (Lipinski definition) is 1. The molecule has 1 aliphatic carbocycles. The first-order valence-corrected chi connectivity index (χ1v) is 8.12. The van der Waals surface area contributed by atoms with Crippen LogP contribution in [0.15, 0.2) is 16.6 Å². The van der Waals surface area contributed by atoms with E-state index in [1.165, 1.54) is 37.7 Å². The molecule has 2 atom stereocenters. The van der Waals surface area contributed by atoms with Crippen LogP contribution in [-0.4, -0.2) is 20.8 Å². The molecule has 4 heteroatoms. The van der Waals surface area contributed by atoms with Crippen LogP contribution in [0.5, 0.6) is 11.5 Å². The molecule has 0 radical (unpaired) electrons. The molecule has 0 aromatic heterocycles. The van der Waals surface area contributed by atoms with Crippen molar-refractivity contribution in [2.75, 3.05) is 20.8 Å². The molecule has 1 aromatic rings. The van der Waals surface area contributed by atoms with Gasteiger partial charge in [0.15, 0.2) is 0 Å². The second-order valence-corrected chi connectivity index (χ2v) is 6.24. The topological polar surface area (TPSA) is 44.5 Å². The standard InChI is InChI=1S/C16H24BrNO2/c1-19-14-9-8-13(16(20-2)15(14)17)12-7-5-3-4-6-11(12)10-18/h8-9,11-12H,3-7,10,18H2,1-2H3. The summed E-state index contributed by atoms with van der Waals surface area (Å²) in [5.74, 6) is 2.74. The lowest BCUT2D eigenvalue weighted by Gasteiger charge is -2.26. The summed E-state index contributed by atoms with van der Waals surface area (Å²) in [5.41, 5.74) is 7.27. The lowest BCUT2D eigenvalue weighted by Crippen LogP contribution is -2.21. The molecule has 0 saturated heterocycles. The van der Waals surface area contributed by atoms with Crippen LogP contribution in [0.1, 0.15) is 43.6 Å². The Bertz CT molecular complexity index is 450. The van der Waals surface area contributed by atoms with E-state index in [-0.39, 0.29) is 0 Å². The molecule has 0 heterocycles. The summed E-state index contributed by atoms with van der Waals surface area (Å²) in [6.45, 7) is 0.747. The minimum Gasteiger partial charge on any atom is -0.495 e. The molecule has 112 valence electrons. The summed E-state index contributed by atoms with van der Waals surface area (Å²) in [4.78, 5) is 0. The molecule has 0 aliphatic heterocycles. The van der Waals surface area contributed by atoms with Gasteiger partial charge in [0.1, 0.15) is 16.0 Å². The molecule has 2 rings (SSSR count). The van der Waals surface area contributed by atoms with Gasteiger partial charge in [-0.1, -0.05) is 25.3 Å². The minimum absolute atomic E-state index is 0.486. The highest BCUT2D eigenvalue weighted by Crippen LogP contribution is 2.45. The molecule has 2 N–H and O–H groups in total. The number of ether oxygens (including phenoxy) is 2. The largest absolute Gasteiger partial charge is 0.495 e. The first-order valence-electron chi connectivity index (χ1n) is 7.33. The lowest BCUT2D eigenvalue weighted by atomic mass is 9.82. The van der Waals surface area contributed by atoms with Gasteiger partial charge in [0.2, 0.25) is 0 Å². The van der Waals surface area contributed by atoms with Crippen molar-refractivity contribution < 1.29 is 9.47 Å². The van der Waals surface area contributed by atoms with Gasteiger partial charge in [0, 0.05) is 0 Å². The molecule has 1 fully saturated rings. The molecule has 1 aromatic carbocycles. The van der Waals surface area contributed by atoms with Gasteiger partial charge >= 0.3 is 0 Å². The summed E-state index contributed by atoms with van der Waals surface area (Å²) < 4.78 is 11.9. The molecule has 0 spiro atoms. The van der Waals surface area contributed by atoms with Crippen molar-refractivity contribution in [1.82, 2.24) is 0 Å². The van der Waals surface area contributed by atoms with Crippen molar-refractivity contribution in [2.24, 2.45) is 11.7 Å². The Morgan fingerprint density at radius 2 is 1.90 bits per heavy atom. The van der Waals surface area contributed by atoms with Gasteiger partial charge in [-0.2, -0.15) is 0 Å². The monoisotopic (exact) mass is 341 g/mol. The minimum atomic E-state index is 0.486. The number of halogens is 1. The van der Waals surface area contributed by atoms with E-state index in [0.29, 0.717) is 11.8 Å². The molecular weight excluding hydrogens is 318 g/mol. The van der Waals surface area contributed by atoms with Crippen LogP contribution in [0.2, 0.25) is 0 Å². The van der Waals surface area contributed by atoms with E-state index in [9.17, 15) is 0 Å². The first kappa shape index (κ1) is 15.6. The predicted octanol–water partition coefficient (Wildman–Crippen LogP) is 4.09. The molecule has 0 bridgehead atoms. The zero-order valence-electron chi connectivity index (χ0n) is 12.3. The fourth-order valence-electron chi connectivity index (χ4n) is 3.29. The summed E-state index contributed by atoms with van der Waals surface area (Å²) >= 11 is 3.60. The van der Waals surface area contributed by atoms with E-state index < -0.39 is 0 Å². The fourth-order valence-corrected chi connectivity index (χ4v) is 3.97. The van der Waals surface area contributed by atoms with Gasteiger partial charge < -0.3 is 15.2 Å². The van der Waals surface area contributed by atoms with Gasteiger partial charge in [-0.25, -0.2) is 0 Å². The average Bonchev–Trinajstić information content (AvgIpc) is 2.71. The lowest BCUT2D eigenvalue weighted by molar-refractivity contribution is 0.362. The van der Waals surface area contributed by atoms with Crippen molar-refractivity contribution in [3.8, 4) is 11.5 Å². The van der Waals surface area contributed by atoms with Crippen LogP contribution in [0.3, 0.4) is 0 Å². The van der Waals surface area contributed by atoms with Crippen molar-refractivity contribution in [3.05, 3.63) is 22.2 Å². The summed E-state index contributed by atoms with van der Waals surface area (Å²) in [6.07, 6.45) is 6.28. The van der Waals surface area contributed by atoms with Crippen molar-refractivity contribution in [1.29, 1.82) is 0 Å². The fraction of sp³-hybridized carbons (Fsp3) is 0.625. The number of methoxy groups -OCH3 is 2. The Morgan fingerprint density at radius 3 is 2.55 bits per heavy atom. The molecule has 20 heavy (non-hydrogen) atoms. The van der Waals surface area contributed by atoms with Crippen LogP contribution < -0.4 is 15.2 Å². The van der Waals surface area contributed by atoms with E-state index in [4.69, 9.17) is 15.2 Å². The summed E-state index contributed by atoms with van der Waals surface area (Å²) in [6, 6.07) is 4.15. The average molecular weight is 342 g/mol. The summed E-state index contributed by atoms with van der Waals surface area (Å²) in [7, 11) is 3.39. The van der Waals surface area contributed by atoms with Crippen LogP contribution in [0.25, 0.3) is 0 Å². The molecule has 3 nitrogen and oxygen atoms in total. The van der Waals surface area contributed by atoms with E-state index in [0.717, 1.165) is 22.5 Å². The van der Waals surface area contributed by atoms with E-state index in [1.807, 2.05) is 6.07 Å². The second kappa shape index (κ2) is 7.32. The summed E-state index contributed by atoms with van der Waals surface area (Å²) in [5, 5.41) is 0. The normalized spacial score (nSPS) is 23.2. The van der Waals surface area contributed by atoms with Crippen LogP contribution >= 0.6 is 15.9 Å². The Kier molecular flexibility index (Phi) is 5.73. The second-order valence-electron chi connectivity index (χ2n) is 5.44. The Hall–Kier alpha value is -0.740. The number of rotatable bonds is 4. The number of nitrogens with two attached hydrogens (primary N) is 1. The Labute approximate surface area is 130 Å². The quantitative estimate of drug-likeness (QED) is 0.839. The highest BCUT2D eigenvalue weighted by atomic mass is 79.9. The third-order valence-electron chi connectivity index (χ3n) is 4.38. The van der Waals surface area contributed by atoms with E-state index in [1.54, 1.807) is 14.2 Å². The Balaban J connectivity index is 2.41. The molecular formula is C16H24BrNO2. The maximum atomic E-state index is 6.01. The zero-order chi connectivity index (χ0) is 14.5. The molecule has 1 saturated carbocycles. The van der Waals surface area contributed by atoms with Gasteiger partial charge in [-0.3, -0.25) is 0 Å². The van der Waals surface area contributed by atoms with Crippen molar-refractivity contribution in [3.63, 3.8) is 0 Å². The van der Waals surface area contributed by atoms with E-state index >= 15 is 0 Å². The van der Waals surface area contributed by atoms with Crippen molar-refractivity contribution >= 4 is 15.9 Å². The van der Waals surface area contributed by atoms with Crippen LogP contribution in [0.4, 0.5) is 0 Å². The number of benzene rings is 1. The number of hydrogen-bond acceptors (Lipinski definition) is 3. The molecule has 0 amide bonds. The molecule has 1 aliphatic rings. The van der Waals surface area contributed by atoms with Gasteiger partial charge in [-0.15, -0.1) is 0 Å². The van der Waals surface area contributed by atoms with Gasteiger partial charge in [0.05, 0.1) is 14.2 Å². The maximum absolute atomic E-state index is 6.01. The highest BCUT2D eigenvalue weighted by molar-refractivity contribution is 9.10. The van der Waals surface area contributed by atoms with Gasteiger partial charge in [0.25, 0.3) is 0 Å². The highest BCUT2D eigenvalue weighted by Gasteiger charge is 2.28. The third kappa shape index (κ3) is 3.12. The first-order chi connectivity index (χ1) is 9.72. The van der Waals surface area contributed by atoms with Crippen LogP contribution in [-0.2, 0) is 0 Å². The predicted molar refractivity (Wildman–Crippen MR) is 85.6 cm³/mol. The molecule has 2 unspecified atom stereocenters. The third-order valence-corrected chi connectivity index (χ3v) is 5.13. The maximum Gasteiger partial charge on any atom is 0.140 e. The van der Waals surface area contributed by atoms with Crippen LogP contribution in [0, 0.1) is 5.92 Å². The van der Waals surface area contributed by atoms with Crippen molar-refractivity contribution in [2.45, 2.75) is 38.0 Å². The van der Waals surface area contributed by atoms with E-state index in [2.05, 4.69) is 22.0 Å². The van der Waals surface area contributed by atoms with Gasteiger partial charge in [-0.05, 0) is 58.8 Å².